The second-order valence-corrected chi connectivity index (χ2v) is 17.7. The molecule has 0 aliphatic heterocycles. The number of allylic oxidation sites excluding steroid dienone is 14. The van der Waals surface area contributed by atoms with Crippen molar-refractivity contribution in [3.05, 3.63) is 85.1 Å². The van der Waals surface area contributed by atoms with Crippen LogP contribution in [0.5, 0.6) is 0 Å². The molecule has 0 rings (SSSR count). The molecule has 0 aromatic heterocycles. The molecule has 65 heavy (non-hydrogen) atoms. The van der Waals surface area contributed by atoms with Gasteiger partial charge in [0.15, 0.2) is 6.10 Å². The predicted octanol–water partition coefficient (Wildman–Crippen LogP) is 18.0. The first-order valence-corrected chi connectivity index (χ1v) is 27.1. The van der Waals surface area contributed by atoms with Crippen LogP contribution in [0.1, 0.15) is 252 Å². The smallest absolute Gasteiger partial charge is 0.306 e. The molecular formula is C59H100O6. The van der Waals surface area contributed by atoms with E-state index in [0.29, 0.717) is 19.3 Å². The van der Waals surface area contributed by atoms with Crippen molar-refractivity contribution in [1.82, 2.24) is 0 Å². The number of ether oxygens (including phenoxy) is 3. The molecule has 0 spiro atoms. The average Bonchev–Trinajstić information content (AvgIpc) is 3.30. The summed E-state index contributed by atoms with van der Waals surface area (Å²) in [6.07, 6.45) is 68.7. The maximum absolute atomic E-state index is 12.8. The van der Waals surface area contributed by atoms with Crippen LogP contribution in [0.25, 0.3) is 0 Å². The van der Waals surface area contributed by atoms with Crippen LogP contribution in [-0.2, 0) is 28.6 Å². The number of hydrogen-bond acceptors (Lipinski definition) is 6. The number of unbranched alkanes of at least 4 members (excludes halogenated alkanes) is 23. The molecule has 0 aliphatic carbocycles. The lowest BCUT2D eigenvalue weighted by Crippen LogP contribution is -2.30. The van der Waals surface area contributed by atoms with Crippen LogP contribution in [-0.4, -0.2) is 37.2 Å². The van der Waals surface area contributed by atoms with E-state index in [-0.39, 0.29) is 37.5 Å². The zero-order chi connectivity index (χ0) is 47.2. The van der Waals surface area contributed by atoms with Crippen molar-refractivity contribution in [2.45, 2.75) is 258 Å². The SMILES string of the molecule is CC/C=C\C/C=C\C/C=C\C/C=C\CCC(=O)OCC(COC(=O)CCCCCCCCC/C=C\C/C=C\CCCCCC)OC(=O)CCCCCCC/C=C\CCCCCCCCC. The highest BCUT2D eigenvalue weighted by Crippen LogP contribution is 2.14. The van der Waals surface area contributed by atoms with Crippen LogP contribution < -0.4 is 0 Å². The Balaban J connectivity index is 4.47. The van der Waals surface area contributed by atoms with Crippen molar-refractivity contribution in [2.24, 2.45) is 0 Å². The third kappa shape index (κ3) is 51.4. The van der Waals surface area contributed by atoms with Crippen molar-refractivity contribution >= 4 is 17.9 Å². The molecule has 0 N–H and O–H groups in total. The minimum Gasteiger partial charge on any atom is -0.462 e. The van der Waals surface area contributed by atoms with E-state index >= 15 is 0 Å². The van der Waals surface area contributed by atoms with E-state index in [1.165, 1.54) is 116 Å². The summed E-state index contributed by atoms with van der Waals surface area (Å²) in [7, 11) is 0. The maximum Gasteiger partial charge on any atom is 0.306 e. The number of esters is 3. The minimum absolute atomic E-state index is 0.106. The van der Waals surface area contributed by atoms with Gasteiger partial charge in [-0.1, -0.05) is 215 Å². The van der Waals surface area contributed by atoms with Gasteiger partial charge in [0.1, 0.15) is 13.2 Å². The van der Waals surface area contributed by atoms with E-state index in [1.54, 1.807) is 0 Å². The fourth-order valence-electron chi connectivity index (χ4n) is 7.30. The summed E-state index contributed by atoms with van der Waals surface area (Å²) in [5.41, 5.74) is 0. The van der Waals surface area contributed by atoms with Crippen molar-refractivity contribution in [3.63, 3.8) is 0 Å². The van der Waals surface area contributed by atoms with Crippen LogP contribution in [0.3, 0.4) is 0 Å². The first-order valence-electron chi connectivity index (χ1n) is 27.1. The van der Waals surface area contributed by atoms with Crippen molar-refractivity contribution in [3.8, 4) is 0 Å². The van der Waals surface area contributed by atoms with Gasteiger partial charge in [0, 0.05) is 19.3 Å². The Labute approximate surface area is 401 Å². The van der Waals surface area contributed by atoms with E-state index in [2.05, 4.69) is 93.7 Å². The highest BCUT2D eigenvalue weighted by Gasteiger charge is 2.19. The molecule has 0 aromatic rings. The van der Waals surface area contributed by atoms with Crippen LogP contribution in [0, 0.1) is 0 Å². The lowest BCUT2D eigenvalue weighted by molar-refractivity contribution is -0.166. The molecule has 0 aliphatic rings. The molecule has 0 fully saturated rings. The van der Waals surface area contributed by atoms with Crippen molar-refractivity contribution in [2.75, 3.05) is 13.2 Å². The summed E-state index contributed by atoms with van der Waals surface area (Å²) in [6, 6.07) is 0. The summed E-state index contributed by atoms with van der Waals surface area (Å²) in [4.78, 5) is 38.0. The fourth-order valence-corrected chi connectivity index (χ4v) is 7.30. The number of carbonyl (C=O) groups excluding carboxylic acids is 3. The van der Waals surface area contributed by atoms with E-state index in [0.717, 1.165) is 89.9 Å². The van der Waals surface area contributed by atoms with Gasteiger partial charge in [0.05, 0.1) is 0 Å². The third-order valence-electron chi connectivity index (χ3n) is 11.4. The zero-order valence-corrected chi connectivity index (χ0v) is 42.5. The van der Waals surface area contributed by atoms with Gasteiger partial charge in [-0.15, -0.1) is 0 Å². The van der Waals surface area contributed by atoms with Crippen LogP contribution in [0.4, 0.5) is 0 Å². The van der Waals surface area contributed by atoms with Gasteiger partial charge >= 0.3 is 17.9 Å². The van der Waals surface area contributed by atoms with E-state index in [9.17, 15) is 14.4 Å². The van der Waals surface area contributed by atoms with Gasteiger partial charge in [-0.3, -0.25) is 14.4 Å². The van der Waals surface area contributed by atoms with E-state index in [1.807, 2.05) is 12.2 Å². The van der Waals surface area contributed by atoms with E-state index in [4.69, 9.17) is 14.2 Å². The summed E-state index contributed by atoms with van der Waals surface area (Å²) in [5.74, 6) is -1.01. The van der Waals surface area contributed by atoms with Crippen LogP contribution in [0.2, 0.25) is 0 Å². The van der Waals surface area contributed by atoms with Crippen LogP contribution >= 0.6 is 0 Å². The summed E-state index contributed by atoms with van der Waals surface area (Å²) in [6.45, 7) is 6.43. The predicted molar refractivity (Wildman–Crippen MR) is 279 cm³/mol. The standard InChI is InChI=1S/C59H100O6/c1-4-7-10-13-16-19-22-25-27-29-30-32-34-37-40-43-46-49-52-58(61)64-55-56(54-63-57(60)51-48-45-42-39-36-33-24-21-18-15-12-9-6-3)65-59(62)53-50-47-44-41-38-35-31-28-26-23-20-17-14-11-8-5-2/h9,12,18-19,21-22,27-29,31,33,36,42,45,56H,4-8,10-11,13-17,20,23-26,30,32,34-35,37-41,43-44,46-55H2,1-3H3/b12-9-,21-18-,22-19-,29-27-,31-28-,36-33-,45-42-. The topological polar surface area (TPSA) is 78.9 Å². The molecule has 6 nitrogen and oxygen atoms in total. The number of carbonyl (C=O) groups is 3. The van der Waals surface area contributed by atoms with Gasteiger partial charge < -0.3 is 14.2 Å². The molecule has 0 aromatic carbocycles. The normalized spacial score (nSPS) is 12.7. The van der Waals surface area contributed by atoms with Gasteiger partial charge in [-0.05, 0) is 103 Å². The first-order chi connectivity index (χ1) is 32.0. The third-order valence-corrected chi connectivity index (χ3v) is 11.4. The zero-order valence-electron chi connectivity index (χ0n) is 42.5. The monoisotopic (exact) mass is 905 g/mol. The Hall–Kier alpha value is -3.41. The maximum atomic E-state index is 12.8. The first kappa shape index (κ1) is 61.6. The van der Waals surface area contributed by atoms with Crippen molar-refractivity contribution in [1.29, 1.82) is 0 Å². The molecule has 0 bridgehead atoms. The van der Waals surface area contributed by atoms with E-state index < -0.39 is 6.10 Å². The second-order valence-electron chi connectivity index (χ2n) is 17.7. The Morgan fingerprint density at radius 1 is 0.323 bits per heavy atom. The second kappa shape index (κ2) is 53.2. The molecule has 0 saturated heterocycles. The highest BCUT2D eigenvalue weighted by atomic mass is 16.6. The number of rotatable bonds is 48. The van der Waals surface area contributed by atoms with Gasteiger partial charge in [0.2, 0.25) is 0 Å². The fraction of sp³-hybridized carbons (Fsp3) is 0.712. The lowest BCUT2D eigenvalue weighted by atomic mass is 10.1. The molecule has 1 atom stereocenters. The average molecular weight is 905 g/mol. The molecule has 6 heteroatoms. The molecular weight excluding hydrogens is 805 g/mol. The molecule has 0 saturated carbocycles. The summed E-state index contributed by atoms with van der Waals surface area (Å²) >= 11 is 0. The molecule has 0 heterocycles. The Morgan fingerprint density at radius 2 is 0.631 bits per heavy atom. The van der Waals surface area contributed by atoms with Gasteiger partial charge in [-0.2, -0.15) is 0 Å². The molecule has 372 valence electrons. The Bertz CT molecular complexity index is 1270. The lowest BCUT2D eigenvalue weighted by Gasteiger charge is -2.18. The Morgan fingerprint density at radius 3 is 1.06 bits per heavy atom. The quantitative estimate of drug-likeness (QED) is 0.0262. The molecule has 0 amide bonds. The minimum atomic E-state index is -0.813. The van der Waals surface area contributed by atoms with Gasteiger partial charge in [0.25, 0.3) is 0 Å². The highest BCUT2D eigenvalue weighted by molar-refractivity contribution is 5.71. The summed E-state index contributed by atoms with van der Waals surface area (Å²) in [5, 5.41) is 0. The van der Waals surface area contributed by atoms with Gasteiger partial charge in [-0.25, -0.2) is 0 Å². The Kier molecular flexibility index (Phi) is 50.4. The van der Waals surface area contributed by atoms with Crippen LogP contribution in [0.15, 0.2) is 85.1 Å². The van der Waals surface area contributed by atoms with Crippen molar-refractivity contribution < 1.29 is 28.6 Å². The molecule has 0 radical (unpaired) electrons. The molecule has 1 unspecified atom stereocenters. The summed E-state index contributed by atoms with van der Waals surface area (Å²) < 4.78 is 16.7. The number of hydrogen-bond donors (Lipinski definition) is 0. The largest absolute Gasteiger partial charge is 0.462 e.